The van der Waals surface area contributed by atoms with E-state index in [-0.39, 0.29) is 17.5 Å². The predicted octanol–water partition coefficient (Wildman–Crippen LogP) is 4.52. The molecule has 2 aliphatic carbocycles. The van der Waals surface area contributed by atoms with Crippen molar-refractivity contribution >= 4 is 5.70 Å². The maximum atomic E-state index is 10.3. The van der Waals surface area contributed by atoms with Crippen molar-refractivity contribution in [2.24, 2.45) is 0 Å². The molecule has 2 aromatic rings. The molecule has 0 unspecified atom stereocenters. The molecule has 1 saturated carbocycles. The first-order valence-corrected chi connectivity index (χ1v) is 9.95. The highest BCUT2D eigenvalue weighted by Gasteiger charge is 2.36. The minimum absolute atomic E-state index is 0.0648. The zero-order valence-electron chi connectivity index (χ0n) is 15.4. The average Bonchev–Trinajstić information content (AvgIpc) is 3.28. The first-order chi connectivity index (χ1) is 13.2. The summed E-state index contributed by atoms with van der Waals surface area (Å²) in [7, 11) is 0. The van der Waals surface area contributed by atoms with Gasteiger partial charge in [0.25, 0.3) is 0 Å². The normalized spacial score (nSPS) is 21.0. The summed E-state index contributed by atoms with van der Waals surface area (Å²) in [5.41, 5.74) is 7.58. The van der Waals surface area contributed by atoms with E-state index in [0.29, 0.717) is 5.75 Å². The third kappa shape index (κ3) is 3.19. The number of hydrogen-bond donors (Lipinski definition) is 2. The van der Waals surface area contributed by atoms with Crippen molar-refractivity contribution < 1.29 is 14.7 Å². The van der Waals surface area contributed by atoms with Crippen LogP contribution in [-0.4, -0.2) is 16.8 Å². The molecule has 3 aliphatic rings. The van der Waals surface area contributed by atoms with Gasteiger partial charge in [0.05, 0.1) is 5.70 Å². The third-order valence-corrected chi connectivity index (χ3v) is 6.05. The monoisotopic (exact) mass is 363 g/mol. The van der Waals surface area contributed by atoms with Crippen LogP contribution >= 0.6 is 0 Å². The van der Waals surface area contributed by atoms with Gasteiger partial charge in [-0.05, 0) is 48.2 Å². The van der Waals surface area contributed by atoms with E-state index >= 15 is 0 Å². The second-order valence-electron chi connectivity index (χ2n) is 7.99. The van der Waals surface area contributed by atoms with Crippen molar-refractivity contribution in [1.29, 1.82) is 0 Å². The quantitative estimate of drug-likeness (QED) is 0.842. The lowest BCUT2D eigenvalue weighted by Crippen LogP contribution is -2.31. The molecule has 140 valence electrons. The zero-order valence-corrected chi connectivity index (χ0v) is 15.4. The van der Waals surface area contributed by atoms with Crippen molar-refractivity contribution in [1.82, 2.24) is 5.48 Å². The Hall–Kier alpha value is -2.46. The smallest absolute Gasteiger partial charge is 0.162 e. The van der Waals surface area contributed by atoms with Gasteiger partial charge in [-0.15, -0.1) is 0 Å². The van der Waals surface area contributed by atoms with Crippen LogP contribution in [0.3, 0.4) is 0 Å². The van der Waals surface area contributed by atoms with Gasteiger partial charge in [0, 0.05) is 18.4 Å². The van der Waals surface area contributed by atoms with Crippen molar-refractivity contribution in [3.63, 3.8) is 0 Å². The first-order valence-electron chi connectivity index (χ1n) is 9.95. The van der Waals surface area contributed by atoms with Crippen molar-refractivity contribution in [3.05, 3.63) is 65.2 Å². The molecule has 0 saturated heterocycles. The average molecular weight is 363 g/mol. The summed E-state index contributed by atoms with van der Waals surface area (Å²) in [5.74, 6) is 0.721. The Morgan fingerprint density at radius 3 is 2.48 bits per heavy atom. The van der Waals surface area contributed by atoms with E-state index < -0.39 is 0 Å². The van der Waals surface area contributed by atoms with Crippen molar-refractivity contribution in [3.8, 4) is 11.5 Å². The van der Waals surface area contributed by atoms with Gasteiger partial charge in [-0.2, -0.15) is 0 Å². The Morgan fingerprint density at radius 2 is 1.74 bits per heavy atom. The van der Waals surface area contributed by atoms with E-state index in [0.717, 1.165) is 36.9 Å². The number of nitrogens with one attached hydrogen (secondary N) is 1. The molecule has 0 amide bonds. The van der Waals surface area contributed by atoms with E-state index in [2.05, 4.69) is 35.8 Å². The van der Waals surface area contributed by atoms with Crippen LogP contribution in [0, 0.1) is 0 Å². The van der Waals surface area contributed by atoms with E-state index in [9.17, 15) is 5.11 Å². The zero-order chi connectivity index (χ0) is 18.3. The number of phenols is 1. The highest BCUT2D eigenvalue weighted by Crippen LogP contribution is 2.39. The molecular formula is C23H25NO3. The van der Waals surface area contributed by atoms with Gasteiger partial charge in [-0.1, -0.05) is 43.5 Å². The Bertz CT molecular complexity index is 858. The SMILES string of the molecule is Oc1ccc(C2=CC3(CCCCC3)ON2)cc1OC1Cc2ccccc2C1. The van der Waals surface area contributed by atoms with Crippen molar-refractivity contribution in [2.75, 3.05) is 0 Å². The summed E-state index contributed by atoms with van der Waals surface area (Å²) in [6.07, 6.45) is 9.87. The molecule has 1 heterocycles. The number of fused-ring (bicyclic) bond motifs is 1. The Labute approximate surface area is 159 Å². The van der Waals surface area contributed by atoms with Crippen LogP contribution in [0.25, 0.3) is 5.70 Å². The van der Waals surface area contributed by atoms with Gasteiger partial charge in [0.1, 0.15) is 11.7 Å². The van der Waals surface area contributed by atoms with Gasteiger partial charge in [-0.3, -0.25) is 10.3 Å². The van der Waals surface area contributed by atoms with Gasteiger partial charge in [0.15, 0.2) is 11.5 Å². The van der Waals surface area contributed by atoms with E-state index in [1.165, 1.54) is 30.4 Å². The van der Waals surface area contributed by atoms with Crippen LogP contribution in [0.15, 0.2) is 48.5 Å². The summed E-state index contributed by atoms with van der Waals surface area (Å²) in [4.78, 5) is 5.95. The summed E-state index contributed by atoms with van der Waals surface area (Å²) >= 11 is 0. The summed E-state index contributed by atoms with van der Waals surface area (Å²) in [5, 5.41) is 10.3. The number of benzene rings is 2. The van der Waals surface area contributed by atoms with Gasteiger partial charge < -0.3 is 9.84 Å². The number of hydroxylamine groups is 1. The highest BCUT2D eigenvalue weighted by molar-refractivity contribution is 5.68. The Morgan fingerprint density at radius 1 is 1.00 bits per heavy atom. The second kappa shape index (κ2) is 6.61. The number of hydrogen-bond acceptors (Lipinski definition) is 4. The fourth-order valence-electron chi connectivity index (χ4n) is 4.57. The molecule has 4 nitrogen and oxygen atoms in total. The van der Waals surface area contributed by atoms with E-state index in [1.54, 1.807) is 6.07 Å². The molecule has 0 aromatic heterocycles. The molecule has 1 aliphatic heterocycles. The Balaban J connectivity index is 1.36. The minimum Gasteiger partial charge on any atom is -0.504 e. The number of rotatable bonds is 3. The lowest BCUT2D eigenvalue weighted by molar-refractivity contribution is -0.0557. The van der Waals surface area contributed by atoms with Crippen molar-refractivity contribution in [2.45, 2.75) is 56.7 Å². The largest absolute Gasteiger partial charge is 0.504 e. The molecule has 5 rings (SSSR count). The molecule has 0 radical (unpaired) electrons. The lowest BCUT2D eigenvalue weighted by Gasteiger charge is -2.29. The highest BCUT2D eigenvalue weighted by atomic mass is 16.7. The molecule has 1 spiro atoms. The standard InChI is InChI=1S/C23H25NO3/c25-21-9-8-18(20-15-23(27-24-20)10-4-1-5-11-23)14-22(21)26-19-12-16-6-2-3-7-17(16)13-19/h2-3,6-9,14-15,19,24-25H,1,4-5,10-13H2. The summed E-state index contributed by atoms with van der Waals surface area (Å²) < 4.78 is 6.18. The van der Waals surface area contributed by atoms with Gasteiger partial charge in [0.2, 0.25) is 0 Å². The van der Waals surface area contributed by atoms with Crippen LogP contribution in [0.5, 0.6) is 11.5 Å². The van der Waals surface area contributed by atoms with E-state index in [4.69, 9.17) is 9.57 Å². The topological polar surface area (TPSA) is 50.7 Å². The lowest BCUT2D eigenvalue weighted by atomic mass is 9.84. The molecule has 27 heavy (non-hydrogen) atoms. The van der Waals surface area contributed by atoms with Crippen LogP contribution in [0.1, 0.15) is 48.8 Å². The van der Waals surface area contributed by atoms with Gasteiger partial charge in [-0.25, -0.2) is 0 Å². The Kier molecular flexibility index (Phi) is 4.09. The molecule has 0 bridgehead atoms. The maximum absolute atomic E-state index is 10.3. The second-order valence-corrected chi connectivity index (χ2v) is 7.99. The first kappa shape index (κ1) is 16.7. The third-order valence-electron chi connectivity index (χ3n) is 6.05. The fourth-order valence-corrected chi connectivity index (χ4v) is 4.57. The summed E-state index contributed by atoms with van der Waals surface area (Å²) in [6.45, 7) is 0. The number of ether oxygens (including phenoxy) is 1. The van der Waals surface area contributed by atoms with Gasteiger partial charge >= 0.3 is 0 Å². The number of phenolic OH excluding ortho intramolecular Hbond substituents is 1. The molecule has 1 fully saturated rings. The molecular weight excluding hydrogens is 338 g/mol. The molecule has 0 atom stereocenters. The van der Waals surface area contributed by atoms with Crippen LogP contribution in [-0.2, 0) is 17.7 Å². The van der Waals surface area contributed by atoms with Crippen LogP contribution in [0.2, 0.25) is 0 Å². The van der Waals surface area contributed by atoms with E-state index in [1.807, 2.05) is 12.1 Å². The summed E-state index contributed by atoms with van der Waals surface area (Å²) in [6, 6.07) is 14.0. The number of aromatic hydroxyl groups is 1. The molecule has 2 N–H and O–H groups in total. The predicted molar refractivity (Wildman–Crippen MR) is 104 cm³/mol. The van der Waals surface area contributed by atoms with Crippen LogP contribution < -0.4 is 10.2 Å². The maximum Gasteiger partial charge on any atom is 0.162 e. The fraction of sp³-hybridized carbons (Fsp3) is 0.391. The molecule has 4 heteroatoms. The minimum atomic E-state index is -0.167. The molecule has 2 aromatic carbocycles. The van der Waals surface area contributed by atoms with Crippen LogP contribution in [0.4, 0.5) is 0 Å².